The number of nitrogens with zero attached hydrogens (tertiary/aromatic N) is 4. The average Bonchev–Trinajstić information content (AvgIpc) is 3.64. The number of rotatable bonds is 11. The predicted octanol–water partition coefficient (Wildman–Crippen LogP) is 6.92. The number of piperidine rings is 1. The van der Waals surface area contributed by atoms with E-state index in [0.29, 0.717) is 17.8 Å². The van der Waals surface area contributed by atoms with Crippen molar-refractivity contribution in [3.05, 3.63) is 122 Å². The zero-order chi connectivity index (χ0) is 36.2. The van der Waals surface area contributed by atoms with E-state index in [9.17, 15) is 27.6 Å². The Morgan fingerprint density at radius 2 is 1.58 bits per heavy atom. The number of carbonyl (C=O) groups is 1. The van der Waals surface area contributed by atoms with Crippen LogP contribution in [-0.2, 0) is 24.1 Å². The van der Waals surface area contributed by atoms with Gasteiger partial charge in [-0.15, -0.1) is 5.10 Å². The number of carbonyl (C=O) groups excluding carboxylic acids is 1. The fraction of sp³-hybridized carbons (Fsp3) is 0.359. The first-order valence-corrected chi connectivity index (χ1v) is 17.7. The number of hydrogen-bond donors (Lipinski definition) is 2. The first kappa shape index (κ1) is 35.1. The highest BCUT2D eigenvalue weighted by Crippen LogP contribution is 2.36. The summed E-state index contributed by atoms with van der Waals surface area (Å²) in [6.45, 7) is 2.28. The number of benzene rings is 3. The summed E-state index contributed by atoms with van der Waals surface area (Å²) >= 11 is 0. The van der Waals surface area contributed by atoms with E-state index in [4.69, 9.17) is 4.74 Å². The standard InChI is InChI=1S/C39H39F3N6O4/c40-39(41,42)30-21-28(43-34-35(37(50)36(34)49)44-31-11-5-6-12-33(31)47-19-7-2-8-20-47)17-18-29(30)38(51)52-24-26-13-15-27(16-14-26)32-23-48(46-45-32)22-25-9-3-1-4-10-25/h1,3-4,9-10,13-18,21,23,31,33,43-44H,2,5-8,11-12,19-20,22,24H2/t31-,33-/m1/s1. The molecule has 1 aromatic heterocycles. The van der Waals surface area contributed by atoms with Crippen molar-refractivity contribution in [1.82, 2.24) is 19.9 Å². The van der Waals surface area contributed by atoms with Crippen LogP contribution in [-0.4, -0.2) is 51.0 Å². The molecule has 2 aliphatic rings. The van der Waals surface area contributed by atoms with Gasteiger partial charge in [-0.2, -0.15) is 13.2 Å². The first-order valence-electron chi connectivity index (χ1n) is 17.7. The lowest BCUT2D eigenvalue weighted by Crippen LogP contribution is -2.52. The van der Waals surface area contributed by atoms with Crippen molar-refractivity contribution in [2.24, 2.45) is 0 Å². The Balaban J connectivity index is 1.01. The smallest absolute Gasteiger partial charge is 0.417 e. The van der Waals surface area contributed by atoms with Gasteiger partial charge in [-0.05, 0) is 68.1 Å². The van der Waals surface area contributed by atoms with E-state index in [1.165, 1.54) is 12.5 Å². The normalized spacial score (nSPS) is 18.3. The molecular formula is C39H39F3N6O4. The summed E-state index contributed by atoms with van der Waals surface area (Å²) in [6.07, 6.45) is 4.23. The Kier molecular flexibility index (Phi) is 10.2. The highest BCUT2D eigenvalue weighted by Gasteiger charge is 2.37. The minimum Gasteiger partial charge on any atom is -0.457 e. The number of hydrogen-bond acceptors (Lipinski definition) is 9. The molecule has 5 aromatic rings. The quantitative estimate of drug-likeness (QED) is 0.111. The lowest BCUT2D eigenvalue weighted by atomic mass is 9.87. The Bertz CT molecular complexity index is 2080. The molecule has 270 valence electrons. The molecular weight excluding hydrogens is 673 g/mol. The van der Waals surface area contributed by atoms with Crippen molar-refractivity contribution < 1.29 is 22.7 Å². The van der Waals surface area contributed by atoms with Crippen LogP contribution in [0.1, 0.15) is 72.0 Å². The predicted molar refractivity (Wildman–Crippen MR) is 191 cm³/mol. The average molecular weight is 713 g/mol. The molecule has 2 atom stereocenters. The molecule has 4 aromatic carbocycles. The van der Waals surface area contributed by atoms with Crippen molar-refractivity contribution >= 4 is 23.0 Å². The van der Waals surface area contributed by atoms with Gasteiger partial charge >= 0.3 is 12.1 Å². The van der Waals surface area contributed by atoms with Gasteiger partial charge < -0.3 is 15.4 Å². The highest BCUT2D eigenvalue weighted by molar-refractivity contribution is 5.92. The highest BCUT2D eigenvalue weighted by atomic mass is 19.4. The van der Waals surface area contributed by atoms with E-state index in [0.717, 1.165) is 74.9 Å². The number of anilines is 3. The van der Waals surface area contributed by atoms with Crippen LogP contribution < -0.4 is 21.5 Å². The number of aromatic nitrogens is 3. The van der Waals surface area contributed by atoms with Gasteiger partial charge in [0, 0.05) is 23.3 Å². The van der Waals surface area contributed by atoms with Crippen molar-refractivity contribution in [2.45, 2.75) is 76.4 Å². The van der Waals surface area contributed by atoms with Gasteiger partial charge in [-0.1, -0.05) is 79.1 Å². The zero-order valence-corrected chi connectivity index (χ0v) is 28.5. The number of likely N-dealkylation sites (tertiary alicyclic amines) is 1. The molecule has 2 fully saturated rings. The Morgan fingerprint density at radius 3 is 2.33 bits per heavy atom. The van der Waals surface area contributed by atoms with Crippen molar-refractivity contribution in [3.63, 3.8) is 0 Å². The van der Waals surface area contributed by atoms with Crippen LogP contribution in [0.5, 0.6) is 0 Å². The number of ether oxygens (including phenoxy) is 1. The number of halogens is 3. The van der Waals surface area contributed by atoms with Crippen LogP contribution in [0.2, 0.25) is 0 Å². The second kappa shape index (κ2) is 15.1. The maximum Gasteiger partial charge on any atom is 0.417 e. The third kappa shape index (κ3) is 7.79. The summed E-state index contributed by atoms with van der Waals surface area (Å²) in [5, 5.41) is 14.4. The topological polar surface area (TPSA) is 118 Å². The lowest BCUT2D eigenvalue weighted by molar-refractivity contribution is -0.138. The Morgan fingerprint density at radius 1 is 0.846 bits per heavy atom. The summed E-state index contributed by atoms with van der Waals surface area (Å²) in [6, 6.07) is 20.0. The van der Waals surface area contributed by atoms with Crippen LogP contribution in [0.3, 0.4) is 0 Å². The van der Waals surface area contributed by atoms with Crippen LogP contribution >= 0.6 is 0 Å². The molecule has 1 saturated carbocycles. The van der Waals surface area contributed by atoms with Crippen LogP contribution in [0.4, 0.5) is 30.2 Å². The molecule has 0 spiro atoms. The van der Waals surface area contributed by atoms with Crippen LogP contribution in [0.25, 0.3) is 11.3 Å². The fourth-order valence-electron chi connectivity index (χ4n) is 7.26. The van der Waals surface area contributed by atoms with Crippen LogP contribution in [0, 0.1) is 0 Å². The molecule has 0 amide bonds. The second-order valence-electron chi connectivity index (χ2n) is 13.6. The number of alkyl halides is 3. The van der Waals surface area contributed by atoms with Gasteiger partial charge in [0.15, 0.2) is 0 Å². The molecule has 7 rings (SSSR count). The monoisotopic (exact) mass is 712 g/mol. The largest absolute Gasteiger partial charge is 0.457 e. The van der Waals surface area contributed by atoms with E-state index < -0.39 is 34.1 Å². The first-order chi connectivity index (χ1) is 25.1. The minimum absolute atomic E-state index is 0.0459. The summed E-state index contributed by atoms with van der Waals surface area (Å²) in [5.41, 5.74) is -0.359. The van der Waals surface area contributed by atoms with Gasteiger partial charge in [-0.3, -0.25) is 14.5 Å². The van der Waals surface area contributed by atoms with Gasteiger partial charge in [0.1, 0.15) is 23.7 Å². The third-order valence-corrected chi connectivity index (χ3v) is 9.99. The maximum absolute atomic E-state index is 14.3. The van der Waals surface area contributed by atoms with E-state index >= 15 is 0 Å². The van der Waals surface area contributed by atoms with Crippen molar-refractivity contribution in [3.8, 4) is 11.3 Å². The van der Waals surface area contributed by atoms with Crippen molar-refractivity contribution in [2.75, 3.05) is 23.7 Å². The fourth-order valence-corrected chi connectivity index (χ4v) is 7.26. The molecule has 13 heteroatoms. The van der Waals surface area contributed by atoms with E-state index in [1.807, 2.05) is 36.5 Å². The third-order valence-electron chi connectivity index (χ3n) is 9.99. The minimum atomic E-state index is -4.90. The van der Waals surface area contributed by atoms with Crippen LogP contribution in [0.15, 0.2) is 88.6 Å². The van der Waals surface area contributed by atoms with Gasteiger partial charge in [0.25, 0.3) is 10.9 Å². The van der Waals surface area contributed by atoms with Crippen molar-refractivity contribution in [1.29, 1.82) is 0 Å². The lowest BCUT2D eigenvalue weighted by Gasteiger charge is -2.42. The molecule has 52 heavy (non-hydrogen) atoms. The SMILES string of the molecule is O=C(OCc1ccc(-c2cn(Cc3ccccc3)nn2)cc1)c1ccc(Nc2c(N[C@@H]3CCCC[C@H]3N3CCCCC3)c(=O)c2=O)cc1C(F)(F)F. The van der Waals surface area contributed by atoms with E-state index in [-0.39, 0.29) is 35.8 Å². The Labute approximate surface area is 298 Å². The second-order valence-corrected chi connectivity index (χ2v) is 13.6. The summed E-state index contributed by atoms with van der Waals surface area (Å²) in [5.74, 6) is -1.15. The molecule has 0 bridgehead atoms. The van der Waals surface area contributed by atoms with Gasteiger partial charge in [0.2, 0.25) is 0 Å². The Hall–Kier alpha value is -5.30. The summed E-state index contributed by atoms with van der Waals surface area (Å²) in [7, 11) is 0. The number of nitrogens with one attached hydrogen (secondary N) is 2. The molecule has 0 radical (unpaired) electrons. The molecule has 10 nitrogen and oxygen atoms in total. The van der Waals surface area contributed by atoms with E-state index in [2.05, 4.69) is 25.8 Å². The molecule has 0 unspecified atom stereocenters. The molecule has 1 aliphatic heterocycles. The molecule has 1 saturated heterocycles. The molecule has 1 aliphatic carbocycles. The number of esters is 1. The van der Waals surface area contributed by atoms with Gasteiger partial charge in [0.05, 0.1) is 23.9 Å². The molecule has 2 N–H and O–H groups in total. The summed E-state index contributed by atoms with van der Waals surface area (Å²) in [4.78, 5) is 40.7. The summed E-state index contributed by atoms with van der Waals surface area (Å²) < 4.78 is 49.8. The zero-order valence-electron chi connectivity index (χ0n) is 28.5. The molecule has 2 heterocycles. The van der Waals surface area contributed by atoms with E-state index in [1.54, 1.807) is 28.9 Å². The maximum atomic E-state index is 14.3. The van der Waals surface area contributed by atoms with Gasteiger partial charge in [-0.25, -0.2) is 9.48 Å².